The third kappa shape index (κ3) is 3.02. The summed E-state index contributed by atoms with van der Waals surface area (Å²) in [5.74, 6) is 0.140. The van der Waals surface area contributed by atoms with Crippen LogP contribution in [0.15, 0.2) is 21.3 Å². The molecule has 10 nitrogen and oxygen atoms in total. The largest absolute Gasteiger partial charge is 0.364 e. The highest BCUT2D eigenvalue weighted by molar-refractivity contribution is 7.99. The standard InChI is InChI=1S/C10H13N7O3S/c1-3-11-7-6(17(19)20)8(13-5-12-7)21-10-15-14-9(18)16(10)4-2/h5H,3-4H2,1-2H3,(H,14,18)(H,11,12,13). The monoisotopic (exact) mass is 311 g/mol. The molecule has 0 aromatic carbocycles. The van der Waals surface area contributed by atoms with Crippen LogP contribution in [0.1, 0.15) is 13.8 Å². The van der Waals surface area contributed by atoms with Gasteiger partial charge >= 0.3 is 11.4 Å². The van der Waals surface area contributed by atoms with Gasteiger partial charge in [0.05, 0.1) is 4.92 Å². The lowest BCUT2D eigenvalue weighted by atomic mass is 10.5. The maximum absolute atomic E-state index is 11.5. The molecule has 0 atom stereocenters. The van der Waals surface area contributed by atoms with Gasteiger partial charge < -0.3 is 5.32 Å². The number of H-pyrrole nitrogens is 1. The van der Waals surface area contributed by atoms with Gasteiger partial charge in [-0.1, -0.05) is 0 Å². The molecule has 2 aromatic heterocycles. The maximum atomic E-state index is 11.5. The van der Waals surface area contributed by atoms with E-state index >= 15 is 0 Å². The lowest BCUT2D eigenvalue weighted by Gasteiger charge is -2.06. The van der Waals surface area contributed by atoms with E-state index in [4.69, 9.17) is 0 Å². The Morgan fingerprint density at radius 2 is 2.24 bits per heavy atom. The van der Waals surface area contributed by atoms with Crippen LogP contribution in [0.5, 0.6) is 0 Å². The van der Waals surface area contributed by atoms with Crippen molar-refractivity contribution in [3.05, 3.63) is 26.9 Å². The van der Waals surface area contributed by atoms with Crippen LogP contribution in [0.25, 0.3) is 0 Å². The fourth-order valence-corrected chi connectivity index (χ4v) is 2.60. The van der Waals surface area contributed by atoms with Crippen molar-refractivity contribution in [3.8, 4) is 0 Å². The molecule has 112 valence electrons. The van der Waals surface area contributed by atoms with Gasteiger partial charge in [0, 0.05) is 13.1 Å². The molecule has 0 radical (unpaired) electrons. The van der Waals surface area contributed by atoms with Crippen LogP contribution in [0.4, 0.5) is 11.5 Å². The van der Waals surface area contributed by atoms with Gasteiger partial charge in [0.1, 0.15) is 6.33 Å². The fourth-order valence-electron chi connectivity index (χ4n) is 1.65. The molecular weight excluding hydrogens is 298 g/mol. The molecule has 0 amide bonds. The summed E-state index contributed by atoms with van der Waals surface area (Å²) in [6.07, 6.45) is 1.23. The molecular formula is C10H13N7O3S. The van der Waals surface area contributed by atoms with Gasteiger partial charge in [-0.25, -0.2) is 19.9 Å². The van der Waals surface area contributed by atoms with Gasteiger partial charge in [-0.15, -0.1) is 5.10 Å². The molecule has 0 aliphatic heterocycles. The number of nitrogens with zero attached hydrogens (tertiary/aromatic N) is 5. The zero-order valence-corrected chi connectivity index (χ0v) is 12.2. The van der Waals surface area contributed by atoms with Crippen LogP contribution < -0.4 is 11.0 Å². The number of hydrogen-bond acceptors (Lipinski definition) is 8. The van der Waals surface area contributed by atoms with Crippen molar-refractivity contribution in [1.29, 1.82) is 0 Å². The van der Waals surface area contributed by atoms with Crippen LogP contribution in [0.3, 0.4) is 0 Å². The van der Waals surface area contributed by atoms with Gasteiger partial charge in [-0.05, 0) is 25.6 Å². The second-order valence-electron chi connectivity index (χ2n) is 3.82. The highest BCUT2D eigenvalue weighted by Gasteiger charge is 2.25. The third-order valence-electron chi connectivity index (χ3n) is 2.54. The minimum Gasteiger partial charge on any atom is -0.364 e. The van der Waals surface area contributed by atoms with Crippen molar-refractivity contribution in [3.63, 3.8) is 0 Å². The summed E-state index contributed by atoms with van der Waals surface area (Å²) in [6, 6.07) is 0. The van der Waals surface area contributed by atoms with E-state index in [-0.39, 0.29) is 22.2 Å². The Kier molecular flexibility index (Phi) is 4.52. The molecule has 0 unspecified atom stereocenters. The summed E-state index contributed by atoms with van der Waals surface area (Å²) in [6.45, 7) is 4.47. The second kappa shape index (κ2) is 6.35. The number of nitro groups is 1. The van der Waals surface area contributed by atoms with E-state index in [9.17, 15) is 14.9 Å². The molecule has 2 rings (SSSR count). The maximum Gasteiger partial charge on any atom is 0.343 e. The van der Waals surface area contributed by atoms with Gasteiger partial charge in [0.15, 0.2) is 10.2 Å². The van der Waals surface area contributed by atoms with E-state index < -0.39 is 4.92 Å². The van der Waals surface area contributed by atoms with Crippen molar-refractivity contribution in [2.75, 3.05) is 11.9 Å². The van der Waals surface area contributed by atoms with Gasteiger partial charge in [0.2, 0.25) is 5.82 Å². The molecule has 0 bridgehead atoms. The summed E-state index contributed by atoms with van der Waals surface area (Å²) in [4.78, 5) is 30.0. The number of aromatic amines is 1. The topological polar surface area (TPSA) is 132 Å². The normalized spacial score (nSPS) is 10.6. The van der Waals surface area contributed by atoms with Crippen molar-refractivity contribution in [2.24, 2.45) is 0 Å². The molecule has 21 heavy (non-hydrogen) atoms. The molecule has 0 saturated heterocycles. The summed E-state index contributed by atoms with van der Waals surface area (Å²) in [5, 5.41) is 20.6. The van der Waals surface area contributed by atoms with E-state index in [1.165, 1.54) is 10.9 Å². The predicted octanol–water partition coefficient (Wildman–Crippen LogP) is 0.872. The average molecular weight is 311 g/mol. The fraction of sp³-hybridized carbons (Fsp3) is 0.400. The molecule has 0 aliphatic carbocycles. The minimum atomic E-state index is -0.554. The zero-order valence-electron chi connectivity index (χ0n) is 11.4. The highest BCUT2D eigenvalue weighted by atomic mass is 32.2. The van der Waals surface area contributed by atoms with Crippen molar-refractivity contribution < 1.29 is 4.92 Å². The zero-order chi connectivity index (χ0) is 15.4. The van der Waals surface area contributed by atoms with Crippen LogP contribution >= 0.6 is 11.8 Å². The van der Waals surface area contributed by atoms with E-state index in [1.54, 1.807) is 13.8 Å². The Hall–Kier alpha value is -2.43. The van der Waals surface area contributed by atoms with E-state index in [0.717, 1.165) is 11.8 Å². The van der Waals surface area contributed by atoms with Crippen LogP contribution in [0, 0.1) is 10.1 Å². The van der Waals surface area contributed by atoms with Gasteiger partial charge in [0.25, 0.3) is 0 Å². The van der Waals surface area contributed by atoms with Gasteiger partial charge in [-0.3, -0.25) is 14.7 Å². The first-order chi connectivity index (χ1) is 10.1. The molecule has 0 aliphatic rings. The first kappa shape index (κ1) is 15.0. The van der Waals surface area contributed by atoms with E-state index in [0.29, 0.717) is 18.2 Å². The summed E-state index contributed by atoms with van der Waals surface area (Å²) in [5.41, 5.74) is -0.605. The number of hydrogen-bond donors (Lipinski definition) is 2. The van der Waals surface area contributed by atoms with Crippen LogP contribution in [0.2, 0.25) is 0 Å². The van der Waals surface area contributed by atoms with Crippen LogP contribution in [-0.2, 0) is 6.54 Å². The Balaban J connectivity index is 2.46. The molecule has 0 saturated carbocycles. The van der Waals surface area contributed by atoms with E-state index in [1.807, 2.05) is 0 Å². The summed E-state index contributed by atoms with van der Waals surface area (Å²) < 4.78 is 1.36. The molecule has 2 heterocycles. The first-order valence-corrected chi connectivity index (χ1v) is 6.96. The van der Waals surface area contributed by atoms with E-state index in [2.05, 4.69) is 25.5 Å². The number of nitrogens with one attached hydrogen (secondary N) is 2. The average Bonchev–Trinajstić information content (AvgIpc) is 2.79. The lowest BCUT2D eigenvalue weighted by Crippen LogP contribution is -2.16. The quantitative estimate of drug-likeness (QED) is 0.456. The SMILES string of the molecule is CCNc1ncnc(Sc2n[nH]c(=O)n2CC)c1[N+](=O)[O-]. The summed E-state index contributed by atoms with van der Waals surface area (Å²) >= 11 is 0.942. The predicted molar refractivity (Wildman–Crippen MR) is 75.5 cm³/mol. The number of anilines is 1. The first-order valence-electron chi connectivity index (χ1n) is 6.14. The minimum absolute atomic E-state index is 0.125. The second-order valence-corrected chi connectivity index (χ2v) is 4.78. The number of rotatable bonds is 6. The lowest BCUT2D eigenvalue weighted by molar-refractivity contribution is -0.387. The Morgan fingerprint density at radius 3 is 2.86 bits per heavy atom. The molecule has 2 aromatic rings. The van der Waals surface area contributed by atoms with Crippen LogP contribution in [-0.4, -0.2) is 36.2 Å². The third-order valence-corrected chi connectivity index (χ3v) is 3.53. The molecule has 0 fully saturated rings. The van der Waals surface area contributed by atoms with Gasteiger partial charge in [-0.2, -0.15) is 0 Å². The highest BCUT2D eigenvalue weighted by Crippen LogP contribution is 2.35. The Morgan fingerprint density at radius 1 is 1.48 bits per heavy atom. The summed E-state index contributed by atoms with van der Waals surface area (Å²) in [7, 11) is 0. The van der Waals surface area contributed by atoms with Crippen molar-refractivity contribution >= 4 is 23.3 Å². The molecule has 11 heteroatoms. The molecule has 2 N–H and O–H groups in total. The Labute approximate surface area is 123 Å². The molecule has 0 spiro atoms. The van der Waals surface area contributed by atoms with Crippen molar-refractivity contribution in [2.45, 2.75) is 30.6 Å². The Bertz CT molecular complexity index is 711. The smallest absolute Gasteiger partial charge is 0.343 e. The van der Waals surface area contributed by atoms with Crippen molar-refractivity contribution in [1.82, 2.24) is 24.7 Å². The number of aromatic nitrogens is 5.